The molecule has 108 valence electrons. The molecule has 0 aliphatic heterocycles. The molecule has 0 aromatic heterocycles. The van der Waals surface area contributed by atoms with Crippen LogP contribution >= 0.6 is 15.9 Å². The molecule has 2 fully saturated rings. The monoisotopic (exact) mass is 336 g/mol. The largest absolute Gasteiger partial charge is 0.335 e. The Balaban J connectivity index is 1.64. The summed E-state index contributed by atoms with van der Waals surface area (Å²) in [6, 6.07) is 8.69. The topological polar surface area (TPSA) is 46.3 Å². The van der Waals surface area contributed by atoms with E-state index in [1.807, 2.05) is 17.0 Å². The van der Waals surface area contributed by atoms with E-state index >= 15 is 0 Å². The van der Waals surface area contributed by atoms with Crippen molar-refractivity contribution in [1.29, 1.82) is 0 Å². The van der Waals surface area contributed by atoms with Crippen molar-refractivity contribution in [2.45, 2.75) is 50.7 Å². The molecule has 0 bridgehead atoms. The summed E-state index contributed by atoms with van der Waals surface area (Å²) in [5.41, 5.74) is 7.28. The van der Waals surface area contributed by atoms with Crippen LogP contribution in [0.3, 0.4) is 0 Å². The molecule has 2 aliphatic carbocycles. The first-order valence-electron chi connectivity index (χ1n) is 7.43. The van der Waals surface area contributed by atoms with Crippen molar-refractivity contribution in [3.8, 4) is 0 Å². The van der Waals surface area contributed by atoms with Crippen LogP contribution in [-0.2, 0) is 11.3 Å². The van der Waals surface area contributed by atoms with Gasteiger partial charge in [0.2, 0.25) is 5.91 Å². The van der Waals surface area contributed by atoms with Crippen molar-refractivity contribution in [2.75, 3.05) is 0 Å². The molecule has 0 radical (unpaired) electrons. The molecular formula is C16H21BrN2O. The van der Waals surface area contributed by atoms with Crippen molar-refractivity contribution < 1.29 is 4.79 Å². The third-order valence-electron chi connectivity index (χ3n) is 4.19. The van der Waals surface area contributed by atoms with Gasteiger partial charge in [0.15, 0.2) is 0 Å². The van der Waals surface area contributed by atoms with Gasteiger partial charge in [-0.2, -0.15) is 0 Å². The first kappa shape index (κ1) is 14.1. The molecule has 0 heterocycles. The fourth-order valence-electron chi connectivity index (χ4n) is 2.65. The molecule has 1 atom stereocenters. The van der Waals surface area contributed by atoms with Gasteiger partial charge in [-0.15, -0.1) is 0 Å². The number of hydrogen-bond donors (Lipinski definition) is 1. The van der Waals surface area contributed by atoms with E-state index in [-0.39, 0.29) is 11.9 Å². The summed E-state index contributed by atoms with van der Waals surface area (Å²) in [4.78, 5) is 14.5. The number of rotatable bonds is 6. The molecule has 1 aromatic carbocycles. The Morgan fingerprint density at radius 3 is 2.70 bits per heavy atom. The van der Waals surface area contributed by atoms with Crippen molar-refractivity contribution in [1.82, 2.24) is 4.90 Å². The van der Waals surface area contributed by atoms with Crippen LogP contribution in [0, 0.1) is 5.92 Å². The number of nitrogens with two attached hydrogens (primary N) is 1. The molecule has 4 heteroatoms. The second kappa shape index (κ2) is 5.86. The molecule has 20 heavy (non-hydrogen) atoms. The summed E-state index contributed by atoms with van der Waals surface area (Å²) in [5, 5.41) is 0. The fraction of sp³-hybridized carbons (Fsp3) is 0.562. The molecule has 3 rings (SSSR count). The van der Waals surface area contributed by atoms with Crippen LogP contribution in [-0.4, -0.2) is 22.9 Å². The number of halogens is 1. The highest BCUT2D eigenvalue weighted by atomic mass is 79.9. The third-order valence-corrected chi connectivity index (χ3v) is 4.68. The van der Waals surface area contributed by atoms with Gasteiger partial charge < -0.3 is 10.6 Å². The maximum atomic E-state index is 12.5. The minimum absolute atomic E-state index is 0.0614. The molecular weight excluding hydrogens is 316 g/mol. The second-order valence-electron chi connectivity index (χ2n) is 6.09. The van der Waals surface area contributed by atoms with E-state index in [1.54, 1.807) is 0 Å². The van der Waals surface area contributed by atoms with Gasteiger partial charge in [0.1, 0.15) is 0 Å². The van der Waals surface area contributed by atoms with E-state index in [9.17, 15) is 4.79 Å². The average molecular weight is 337 g/mol. The zero-order valence-corrected chi connectivity index (χ0v) is 13.2. The first-order valence-corrected chi connectivity index (χ1v) is 8.22. The van der Waals surface area contributed by atoms with E-state index in [0.717, 1.165) is 17.3 Å². The van der Waals surface area contributed by atoms with E-state index in [2.05, 4.69) is 28.1 Å². The number of hydrogen-bond acceptors (Lipinski definition) is 2. The Hall–Kier alpha value is -0.870. The number of nitrogens with zero attached hydrogens (tertiary/aromatic N) is 1. The molecule has 2 N–H and O–H groups in total. The Labute approximate surface area is 128 Å². The molecule has 0 spiro atoms. The van der Waals surface area contributed by atoms with E-state index < -0.39 is 0 Å². The Morgan fingerprint density at radius 1 is 1.35 bits per heavy atom. The van der Waals surface area contributed by atoms with E-state index in [0.29, 0.717) is 24.9 Å². The smallest absolute Gasteiger partial charge is 0.224 e. The minimum atomic E-state index is 0.0614. The van der Waals surface area contributed by atoms with Crippen LogP contribution < -0.4 is 5.73 Å². The van der Waals surface area contributed by atoms with E-state index in [4.69, 9.17) is 5.73 Å². The summed E-state index contributed by atoms with van der Waals surface area (Å²) >= 11 is 3.49. The predicted octanol–water partition coefficient (Wildman–Crippen LogP) is 3.07. The van der Waals surface area contributed by atoms with Crippen LogP contribution in [0.15, 0.2) is 28.7 Å². The van der Waals surface area contributed by atoms with Gasteiger partial charge in [0.05, 0.1) is 0 Å². The summed E-state index contributed by atoms with van der Waals surface area (Å²) in [6.07, 6.45) is 5.18. The number of benzene rings is 1. The Morgan fingerprint density at radius 2 is 2.10 bits per heavy atom. The standard InChI is InChI=1S/C16H21BrN2O/c17-13-3-1-2-11(8-13)10-19(14-6-7-14)16(20)9-15(18)12-4-5-12/h1-3,8,12,14-15H,4-7,9-10,18H2/t15-/m0/s1. The van der Waals surface area contributed by atoms with Gasteiger partial charge in [-0.25, -0.2) is 0 Å². The van der Waals surface area contributed by atoms with Gasteiger partial charge in [-0.1, -0.05) is 28.1 Å². The SMILES string of the molecule is N[C@@H](CC(=O)N(Cc1cccc(Br)c1)C1CC1)C1CC1. The quantitative estimate of drug-likeness (QED) is 0.867. The van der Waals surface area contributed by atoms with Crippen molar-refractivity contribution >= 4 is 21.8 Å². The molecule has 3 nitrogen and oxygen atoms in total. The van der Waals surface area contributed by atoms with Gasteiger partial charge in [-0.05, 0) is 49.3 Å². The lowest BCUT2D eigenvalue weighted by molar-refractivity contribution is -0.132. The highest BCUT2D eigenvalue weighted by Crippen LogP contribution is 2.34. The predicted molar refractivity (Wildman–Crippen MR) is 83.0 cm³/mol. The molecule has 0 saturated heterocycles. The highest BCUT2D eigenvalue weighted by molar-refractivity contribution is 9.10. The Bertz CT molecular complexity index is 497. The summed E-state index contributed by atoms with van der Waals surface area (Å²) in [7, 11) is 0. The average Bonchev–Trinajstić information content (AvgIpc) is 3.29. The van der Waals surface area contributed by atoms with Crippen molar-refractivity contribution in [3.05, 3.63) is 34.3 Å². The zero-order valence-electron chi connectivity index (χ0n) is 11.6. The molecule has 0 unspecified atom stereocenters. The normalized spacial score (nSPS) is 19.7. The molecule has 2 saturated carbocycles. The molecule has 1 aromatic rings. The van der Waals surface area contributed by atoms with Crippen molar-refractivity contribution in [2.24, 2.45) is 11.7 Å². The molecule has 2 aliphatic rings. The fourth-order valence-corrected chi connectivity index (χ4v) is 3.10. The first-order chi connectivity index (χ1) is 9.63. The van der Waals surface area contributed by atoms with Gasteiger partial charge in [-0.3, -0.25) is 4.79 Å². The van der Waals surface area contributed by atoms with Crippen LogP contribution in [0.1, 0.15) is 37.7 Å². The maximum absolute atomic E-state index is 12.5. The van der Waals surface area contributed by atoms with Crippen LogP contribution in [0.25, 0.3) is 0 Å². The van der Waals surface area contributed by atoms with E-state index in [1.165, 1.54) is 18.4 Å². The Kier molecular flexibility index (Phi) is 4.13. The number of carbonyl (C=O) groups is 1. The lowest BCUT2D eigenvalue weighted by Gasteiger charge is -2.24. The summed E-state index contributed by atoms with van der Waals surface area (Å²) in [6.45, 7) is 0.709. The summed E-state index contributed by atoms with van der Waals surface area (Å²) in [5.74, 6) is 0.817. The highest BCUT2D eigenvalue weighted by Gasteiger charge is 2.35. The van der Waals surface area contributed by atoms with Gasteiger partial charge >= 0.3 is 0 Å². The molecule has 1 amide bonds. The lowest BCUT2D eigenvalue weighted by Crippen LogP contribution is -2.37. The lowest BCUT2D eigenvalue weighted by atomic mass is 10.1. The summed E-state index contributed by atoms with van der Waals surface area (Å²) < 4.78 is 1.06. The van der Waals surface area contributed by atoms with Crippen LogP contribution in [0.2, 0.25) is 0 Å². The van der Waals surface area contributed by atoms with Gasteiger partial charge in [0.25, 0.3) is 0 Å². The number of carbonyl (C=O) groups excluding carboxylic acids is 1. The third kappa shape index (κ3) is 3.61. The second-order valence-corrected chi connectivity index (χ2v) is 7.00. The van der Waals surface area contributed by atoms with Crippen molar-refractivity contribution in [3.63, 3.8) is 0 Å². The van der Waals surface area contributed by atoms with Crippen LogP contribution in [0.4, 0.5) is 0 Å². The number of amides is 1. The van der Waals surface area contributed by atoms with Crippen LogP contribution in [0.5, 0.6) is 0 Å². The minimum Gasteiger partial charge on any atom is -0.335 e. The zero-order chi connectivity index (χ0) is 14.1. The van der Waals surface area contributed by atoms with Gasteiger partial charge in [0, 0.05) is 29.5 Å². The maximum Gasteiger partial charge on any atom is 0.224 e.